The fourth-order valence-electron chi connectivity index (χ4n) is 4.22. The smallest absolute Gasteiger partial charge is 0.339 e. The average Bonchev–Trinajstić information content (AvgIpc) is 2.92. The van der Waals surface area contributed by atoms with Crippen LogP contribution in [0.3, 0.4) is 0 Å². The summed E-state index contributed by atoms with van der Waals surface area (Å²) in [7, 11) is -13.4. The Balaban J connectivity index is 1.91. The molecule has 0 radical (unpaired) electrons. The number of aryl methyl sites for hydroxylation is 3. The van der Waals surface area contributed by atoms with Crippen LogP contribution in [0.15, 0.2) is 106 Å². The summed E-state index contributed by atoms with van der Waals surface area (Å²) < 4.78 is 97.0. The Labute approximate surface area is 292 Å². The van der Waals surface area contributed by atoms with E-state index >= 15 is 0 Å². The van der Waals surface area contributed by atoms with Crippen molar-refractivity contribution < 1.29 is 37.8 Å². The standard InChI is InChI=1S/C28H25I3O9S3/c1-17-11-5-8-14-20(17)41(32,33)38-25-23(29)26(39-42(34,35)21-15-9-6-12-18(21)2)28(4,31)27(24(25)30)40-43(36,37)22-16-10-7-13-19(22)3/h5-16,26H,1-4H3. The van der Waals surface area contributed by atoms with Gasteiger partial charge in [-0.2, -0.15) is 25.3 Å². The van der Waals surface area contributed by atoms with E-state index in [2.05, 4.69) is 0 Å². The summed E-state index contributed by atoms with van der Waals surface area (Å²) in [5.41, 5.74) is 1.26. The molecule has 3 aromatic rings. The van der Waals surface area contributed by atoms with Crippen LogP contribution in [0.1, 0.15) is 23.6 Å². The lowest BCUT2D eigenvalue weighted by Crippen LogP contribution is -2.44. The van der Waals surface area contributed by atoms with Gasteiger partial charge in [0.05, 0.1) is 12.1 Å². The summed E-state index contributed by atoms with van der Waals surface area (Å²) in [4.78, 5) is -0.317. The summed E-state index contributed by atoms with van der Waals surface area (Å²) >= 11 is 5.38. The Hall–Kier alpha value is -1.26. The molecule has 0 aliphatic heterocycles. The molecule has 0 heterocycles. The Kier molecular flexibility index (Phi) is 10.3. The van der Waals surface area contributed by atoms with Crippen molar-refractivity contribution in [1.82, 2.24) is 0 Å². The number of rotatable bonds is 9. The van der Waals surface area contributed by atoms with Gasteiger partial charge in [0.1, 0.15) is 19.3 Å². The van der Waals surface area contributed by atoms with E-state index in [4.69, 9.17) is 12.5 Å². The van der Waals surface area contributed by atoms with E-state index in [1.807, 2.05) is 22.6 Å². The third-order valence-corrected chi connectivity index (χ3v) is 13.8. The highest BCUT2D eigenvalue weighted by Gasteiger charge is 2.51. The molecule has 43 heavy (non-hydrogen) atoms. The number of benzene rings is 3. The minimum atomic E-state index is -4.47. The van der Waals surface area contributed by atoms with E-state index in [9.17, 15) is 25.3 Å². The van der Waals surface area contributed by atoms with Crippen molar-refractivity contribution in [1.29, 1.82) is 0 Å². The number of hydrogen-bond donors (Lipinski definition) is 0. The average molecular weight is 982 g/mol. The van der Waals surface area contributed by atoms with Crippen molar-refractivity contribution in [2.75, 3.05) is 0 Å². The second-order valence-electron chi connectivity index (χ2n) is 9.70. The minimum absolute atomic E-state index is 0.0151. The van der Waals surface area contributed by atoms with Crippen molar-refractivity contribution in [3.63, 3.8) is 0 Å². The molecule has 0 N–H and O–H groups in total. The van der Waals surface area contributed by atoms with Gasteiger partial charge in [-0.05, 0) is 108 Å². The van der Waals surface area contributed by atoms with Gasteiger partial charge in [-0.3, -0.25) is 4.18 Å². The molecule has 1 aliphatic carbocycles. The second-order valence-corrected chi connectivity index (χ2v) is 18.7. The highest BCUT2D eigenvalue weighted by Crippen LogP contribution is 2.52. The topological polar surface area (TPSA) is 130 Å². The van der Waals surface area contributed by atoms with Crippen LogP contribution in [0, 0.1) is 20.8 Å². The fraction of sp³-hybridized carbons (Fsp3) is 0.214. The van der Waals surface area contributed by atoms with Gasteiger partial charge < -0.3 is 8.37 Å². The number of hydrogen-bond acceptors (Lipinski definition) is 9. The molecule has 4 rings (SSSR count). The molecule has 0 saturated carbocycles. The van der Waals surface area contributed by atoms with Crippen LogP contribution < -0.4 is 0 Å². The summed E-state index contributed by atoms with van der Waals surface area (Å²) in [6.45, 7) is 6.35. The molecule has 2 unspecified atom stereocenters. The van der Waals surface area contributed by atoms with Gasteiger partial charge >= 0.3 is 20.2 Å². The fourth-order valence-corrected chi connectivity index (χ4v) is 13.6. The molecule has 1 aliphatic rings. The number of halogens is 3. The van der Waals surface area contributed by atoms with Crippen LogP contribution >= 0.6 is 67.8 Å². The lowest BCUT2D eigenvalue weighted by atomic mass is 9.97. The van der Waals surface area contributed by atoms with Crippen molar-refractivity contribution in [2.24, 2.45) is 0 Å². The third kappa shape index (κ3) is 7.11. The molecule has 0 spiro atoms. The quantitative estimate of drug-likeness (QED) is 0.127. The zero-order valence-corrected chi connectivity index (χ0v) is 32.0. The van der Waals surface area contributed by atoms with Gasteiger partial charge in [0.15, 0.2) is 11.5 Å². The molecule has 9 nitrogen and oxygen atoms in total. The van der Waals surface area contributed by atoms with E-state index in [-0.39, 0.29) is 33.4 Å². The van der Waals surface area contributed by atoms with Crippen molar-refractivity contribution in [3.8, 4) is 0 Å². The van der Waals surface area contributed by atoms with Gasteiger partial charge in [0, 0.05) is 0 Å². The zero-order chi connectivity index (χ0) is 32.0. The summed E-state index contributed by atoms with van der Waals surface area (Å²) in [6, 6.07) is 18.6. The molecule has 0 bridgehead atoms. The minimum Gasteiger partial charge on any atom is -0.381 e. The van der Waals surface area contributed by atoms with Crippen LogP contribution in [0.2, 0.25) is 0 Å². The first-order chi connectivity index (χ1) is 19.9. The molecule has 2 atom stereocenters. The maximum Gasteiger partial charge on any atom is 0.339 e. The largest absolute Gasteiger partial charge is 0.381 e. The van der Waals surface area contributed by atoms with E-state index < -0.39 is 39.9 Å². The van der Waals surface area contributed by atoms with Crippen molar-refractivity contribution in [3.05, 3.63) is 108 Å². The number of alkyl halides is 1. The molecule has 0 amide bonds. The first-order valence-corrected chi connectivity index (χ1v) is 19.8. The van der Waals surface area contributed by atoms with E-state index in [1.54, 1.807) is 114 Å². The molecule has 230 valence electrons. The van der Waals surface area contributed by atoms with Crippen molar-refractivity contribution in [2.45, 2.75) is 51.9 Å². The van der Waals surface area contributed by atoms with Crippen LogP contribution in [0.25, 0.3) is 0 Å². The predicted molar refractivity (Wildman–Crippen MR) is 187 cm³/mol. The molecule has 3 aromatic carbocycles. The molecule has 0 saturated heterocycles. The van der Waals surface area contributed by atoms with Gasteiger partial charge in [-0.1, -0.05) is 77.2 Å². The van der Waals surface area contributed by atoms with Crippen LogP contribution in [0.5, 0.6) is 0 Å². The lowest BCUT2D eigenvalue weighted by molar-refractivity contribution is 0.200. The molecule has 0 fully saturated rings. The first kappa shape index (κ1) is 34.6. The normalized spacial score (nSPS) is 19.8. The van der Waals surface area contributed by atoms with Crippen LogP contribution in [0.4, 0.5) is 0 Å². The molecule has 15 heteroatoms. The van der Waals surface area contributed by atoms with Gasteiger partial charge in [0.2, 0.25) is 0 Å². The zero-order valence-electron chi connectivity index (χ0n) is 23.0. The van der Waals surface area contributed by atoms with Crippen LogP contribution in [-0.4, -0.2) is 34.8 Å². The van der Waals surface area contributed by atoms with Crippen LogP contribution in [-0.2, 0) is 42.9 Å². The maximum absolute atomic E-state index is 13.6. The van der Waals surface area contributed by atoms with Gasteiger partial charge in [-0.25, -0.2) is 0 Å². The van der Waals surface area contributed by atoms with Gasteiger partial charge in [-0.15, -0.1) is 0 Å². The highest BCUT2D eigenvalue weighted by atomic mass is 127. The Bertz CT molecular complexity index is 1980. The highest BCUT2D eigenvalue weighted by molar-refractivity contribution is 14.1. The maximum atomic E-state index is 13.6. The Morgan fingerprint density at radius 1 is 0.628 bits per heavy atom. The van der Waals surface area contributed by atoms with E-state index in [0.29, 0.717) is 16.7 Å². The molecule has 0 aromatic heterocycles. The SMILES string of the molecule is Cc1ccccc1S(=O)(=O)OC1=C(I)C(OS(=O)(=O)c2ccccc2C)C(C)(I)C(OS(=O)(=O)c2ccccc2C)=C1I. The second kappa shape index (κ2) is 12.9. The Morgan fingerprint density at radius 2 is 1.00 bits per heavy atom. The monoisotopic (exact) mass is 982 g/mol. The predicted octanol–water partition coefficient (Wildman–Crippen LogP) is 7.00. The third-order valence-electron chi connectivity index (χ3n) is 6.48. The summed E-state index contributed by atoms with van der Waals surface area (Å²) in [6.07, 6.45) is -1.44. The summed E-state index contributed by atoms with van der Waals surface area (Å²) in [5, 5.41) is 0. The van der Waals surface area contributed by atoms with Crippen molar-refractivity contribution >= 4 is 98.1 Å². The van der Waals surface area contributed by atoms with E-state index in [1.165, 1.54) is 31.2 Å². The van der Waals surface area contributed by atoms with E-state index in [0.717, 1.165) is 0 Å². The number of allylic oxidation sites excluding steroid dienone is 1. The first-order valence-electron chi connectivity index (χ1n) is 12.4. The molecular formula is C28H25I3O9S3. The Morgan fingerprint density at radius 3 is 1.42 bits per heavy atom. The van der Waals surface area contributed by atoms with Gasteiger partial charge in [0.25, 0.3) is 10.1 Å². The molecular weight excluding hydrogens is 957 g/mol. The lowest BCUT2D eigenvalue weighted by Gasteiger charge is -2.37. The summed E-state index contributed by atoms with van der Waals surface area (Å²) in [5.74, 6) is -0.559.